The summed E-state index contributed by atoms with van der Waals surface area (Å²) in [5, 5.41) is 10.2. The highest BCUT2D eigenvalue weighted by Crippen LogP contribution is 2.30. The van der Waals surface area contributed by atoms with Crippen LogP contribution in [0.1, 0.15) is 28.9 Å². The average Bonchev–Trinajstić information content (AvgIpc) is 2.95. The van der Waals surface area contributed by atoms with E-state index in [0.29, 0.717) is 31.9 Å². The van der Waals surface area contributed by atoms with Gasteiger partial charge in [-0.05, 0) is 43.9 Å². The lowest BCUT2D eigenvalue weighted by atomic mass is 9.96. The fourth-order valence-corrected chi connectivity index (χ4v) is 3.20. The van der Waals surface area contributed by atoms with Crippen LogP contribution >= 0.6 is 0 Å². The summed E-state index contributed by atoms with van der Waals surface area (Å²) in [7, 11) is 1.65. The Bertz CT molecular complexity index is 735. The molecule has 0 bridgehead atoms. The molecule has 1 atom stereocenters. The highest BCUT2D eigenvalue weighted by Gasteiger charge is 2.21. The number of hydrogen-bond donors (Lipinski definition) is 2. The van der Waals surface area contributed by atoms with Gasteiger partial charge in [-0.3, -0.25) is 9.89 Å². The van der Waals surface area contributed by atoms with Crippen LogP contribution < -0.4 is 14.8 Å². The molecule has 2 heterocycles. The van der Waals surface area contributed by atoms with E-state index in [4.69, 9.17) is 9.47 Å². The summed E-state index contributed by atoms with van der Waals surface area (Å²) in [5.41, 5.74) is 4.31. The van der Waals surface area contributed by atoms with Crippen molar-refractivity contribution >= 4 is 5.91 Å². The largest absolute Gasteiger partial charge is 0.497 e. The molecule has 0 unspecified atom stereocenters. The molecule has 0 radical (unpaired) electrons. The van der Waals surface area contributed by atoms with Crippen LogP contribution in [0.5, 0.6) is 11.5 Å². The molecule has 2 N–H and O–H groups in total. The SMILES string of the molecule is COc1ccc2c(c1)OC[C@H](CNC(=O)CCc1c(C)n[nH]c1C)C2. The molecule has 6 nitrogen and oxygen atoms in total. The number of nitrogens with one attached hydrogen (secondary N) is 2. The minimum Gasteiger partial charge on any atom is -0.497 e. The molecule has 1 amide bonds. The maximum atomic E-state index is 12.1. The van der Waals surface area contributed by atoms with E-state index in [2.05, 4.69) is 15.5 Å². The Labute approximate surface area is 147 Å². The normalized spacial score (nSPS) is 16.0. The molecule has 0 aliphatic carbocycles. The molecule has 1 aromatic heterocycles. The van der Waals surface area contributed by atoms with Crippen molar-refractivity contribution in [2.45, 2.75) is 33.1 Å². The number of amides is 1. The summed E-state index contributed by atoms with van der Waals surface area (Å²) in [6.45, 7) is 5.19. The van der Waals surface area contributed by atoms with Gasteiger partial charge in [0.25, 0.3) is 0 Å². The standard InChI is InChI=1S/C19H25N3O3/c1-12-17(13(2)22-21-12)6-7-19(23)20-10-14-8-15-4-5-16(24-3)9-18(15)25-11-14/h4-5,9,14H,6-8,10-11H2,1-3H3,(H,20,23)(H,21,22)/t14-/m0/s1. The maximum absolute atomic E-state index is 12.1. The van der Waals surface area contributed by atoms with Crippen LogP contribution in [0.25, 0.3) is 0 Å². The molecular weight excluding hydrogens is 318 g/mol. The molecule has 0 saturated heterocycles. The van der Waals surface area contributed by atoms with Gasteiger partial charge in [-0.25, -0.2) is 0 Å². The Balaban J connectivity index is 1.46. The number of H-pyrrole nitrogens is 1. The van der Waals surface area contributed by atoms with Gasteiger partial charge in [0.1, 0.15) is 11.5 Å². The highest BCUT2D eigenvalue weighted by molar-refractivity contribution is 5.76. The average molecular weight is 343 g/mol. The zero-order chi connectivity index (χ0) is 17.8. The number of carbonyl (C=O) groups is 1. The van der Waals surface area contributed by atoms with Gasteiger partial charge in [-0.1, -0.05) is 6.07 Å². The number of methoxy groups -OCH3 is 1. The fourth-order valence-electron chi connectivity index (χ4n) is 3.20. The molecule has 2 aromatic rings. The maximum Gasteiger partial charge on any atom is 0.220 e. The van der Waals surface area contributed by atoms with E-state index >= 15 is 0 Å². The first-order valence-corrected chi connectivity index (χ1v) is 8.63. The second kappa shape index (κ2) is 7.59. The van der Waals surface area contributed by atoms with Gasteiger partial charge in [-0.15, -0.1) is 0 Å². The summed E-state index contributed by atoms with van der Waals surface area (Å²) in [6, 6.07) is 5.89. The molecule has 3 rings (SSSR count). The molecule has 1 aliphatic rings. The van der Waals surface area contributed by atoms with E-state index in [-0.39, 0.29) is 5.91 Å². The second-order valence-electron chi connectivity index (χ2n) is 6.57. The van der Waals surface area contributed by atoms with E-state index in [0.717, 1.165) is 40.4 Å². The van der Waals surface area contributed by atoms with Gasteiger partial charge in [0.2, 0.25) is 5.91 Å². The fraction of sp³-hybridized carbons (Fsp3) is 0.474. The lowest BCUT2D eigenvalue weighted by Crippen LogP contribution is -2.34. The number of aromatic amines is 1. The van der Waals surface area contributed by atoms with E-state index in [1.165, 1.54) is 0 Å². The van der Waals surface area contributed by atoms with E-state index in [9.17, 15) is 4.79 Å². The Morgan fingerprint density at radius 1 is 1.44 bits per heavy atom. The van der Waals surface area contributed by atoms with Gasteiger partial charge in [0.15, 0.2) is 0 Å². The van der Waals surface area contributed by atoms with Crippen LogP contribution in [-0.2, 0) is 17.6 Å². The Morgan fingerprint density at radius 3 is 3.00 bits per heavy atom. The molecule has 0 spiro atoms. The molecule has 0 fully saturated rings. The van der Waals surface area contributed by atoms with Crippen LogP contribution in [0.3, 0.4) is 0 Å². The number of aromatic nitrogens is 2. The van der Waals surface area contributed by atoms with Crippen LogP contribution in [0.15, 0.2) is 18.2 Å². The lowest BCUT2D eigenvalue weighted by Gasteiger charge is -2.25. The van der Waals surface area contributed by atoms with Crippen molar-refractivity contribution in [3.8, 4) is 11.5 Å². The molecular formula is C19H25N3O3. The third kappa shape index (κ3) is 4.13. The predicted molar refractivity (Wildman–Crippen MR) is 95.1 cm³/mol. The first-order valence-electron chi connectivity index (χ1n) is 8.63. The van der Waals surface area contributed by atoms with Crippen LogP contribution in [0.2, 0.25) is 0 Å². The number of rotatable bonds is 6. The van der Waals surface area contributed by atoms with Crippen molar-refractivity contribution in [3.63, 3.8) is 0 Å². The minimum atomic E-state index is 0.0699. The molecule has 1 aromatic carbocycles. The number of nitrogens with zero attached hydrogens (tertiary/aromatic N) is 1. The van der Waals surface area contributed by atoms with E-state index in [1.54, 1.807) is 7.11 Å². The first-order chi connectivity index (χ1) is 12.1. The number of aryl methyl sites for hydroxylation is 2. The number of hydrogen-bond acceptors (Lipinski definition) is 4. The van der Waals surface area contributed by atoms with Crippen molar-refractivity contribution in [1.29, 1.82) is 0 Å². The predicted octanol–water partition coefficient (Wildman–Crippen LogP) is 2.34. The number of benzene rings is 1. The van der Waals surface area contributed by atoms with Crippen molar-refractivity contribution in [2.24, 2.45) is 5.92 Å². The van der Waals surface area contributed by atoms with Crippen molar-refractivity contribution in [2.75, 3.05) is 20.3 Å². The second-order valence-corrected chi connectivity index (χ2v) is 6.57. The lowest BCUT2D eigenvalue weighted by molar-refractivity contribution is -0.121. The zero-order valence-corrected chi connectivity index (χ0v) is 15.0. The summed E-state index contributed by atoms with van der Waals surface area (Å²) < 4.78 is 11.0. The van der Waals surface area contributed by atoms with Crippen LogP contribution in [0.4, 0.5) is 0 Å². The quantitative estimate of drug-likeness (QED) is 0.844. The van der Waals surface area contributed by atoms with Crippen molar-refractivity contribution in [3.05, 3.63) is 40.7 Å². The summed E-state index contributed by atoms with van der Waals surface area (Å²) in [4.78, 5) is 12.1. The van der Waals surface area contributed by atoms with Gasteiger partial charge in [-0.2, -0.15) is 5.10 Å². The van der Waals surface area contributed by atoms with Crippen molar-refractivity contribution in [1.82, 2.24) is 15.5 Å². The molecule has 25 heavy (non-hydrogen) atoms. The third-order valence-corrected chi connectivity index (χ3v) is 4.73. The topological polar surface area (TPSA) is 76.2 Å². The highest BCUT2D eigenvalue weighted by atomic mass is 16.5. The summed E-state index contributed by atoms with van der Waals surface area (Å²) in [6.07, 6.45) is 2.09. The van der Waals surface area contributed by atoms with Gasteiger partial charge in [0, 0.05) is 30.6 Å². The Morgan fingerprint density at radius 2 is 2.28 bits per heavy atom. The number of fused-ring (bicyclic) bond motifs is 1. The Kier molecular flexibility index (Phi) is 5.26. The van der Waals surface area contributed by atoms with Gasteiger partial charge >= 0.3 is 0 Å². The van der Waals surface area contributed by atoms with Gasteiger partial charge < -0.3 is 14.8 Å². The van der Waals surface area contributed by atoms with E-state index in [1.807, 2.05) is 32.0 Å². The summed E-state index contributed by atoms with van der Waals surface area (Å²) >= 11 is 0. The smallest absolute Gasteiger partial charge is 0.220 e. The molecule has 6 heteroatoms. The minimum absolute atomic E-state index is 0.0699. The van der Waals surface area contributed by atoms with Gasteiger partial charge in [0.05, 0.1) is 19.4 Å². The third-order valence-electron chi connectivity index (χ3n) is 4.73. The van der Waals surface area contributed by atoms with Crippen LogP contribution in [0, 0.1) is 19.8 Å². The summed E-state index contributed by atoms with van der Waals surface area (Å²) in [5.74, 6) is 2.05. The molecule has 1 aliphatic heterocycles. The zero-order valence-electron chi connectivity index (χ0n) is 15.0. The molecule has 0 saturated carbocycles. The van der Waals surface area contributed by atoms with Crippen LogP contribution in [-0.4, -0.2) is 36.4 Å². The number of ether oxygens (including phenoxy) is 2. The monoisotopic (exact) mass is 343 g/mol. The molecule has 134 valence electrons. The Hall–Kier alpha value is -2.50. The number of carbonyl (C=O) groups excluding carboxylic acids is 1. The van der Waals surface area contributed by atoms with E-state index < -0.39 is 0 Å². The first kappa shape index (κ1) is 17.3. The van der Waals surface area contributed by atoms with Crippen molar-refractivity contribution < 1.29 is 14.3 Å².